The largest absolute Gasteiger partial charge is 0.468 e. The third-order valence-corrected chi connectivity index (χ3v) is 13.5. The first-order chi connectivity index (χ1) is 19.9. The van der Waals surface area contributed by atoms with Crippen LogP contribution in [0.5, 0.6) is 0 Å². The highest BCUT2D eigenvalue weighted by atomic mass is 16.5. The SMILES string of the molecule is COC(=O)CNC(=O)CC[C@]12CCC(C)(C)CC1C1C(=O)C=C3[C@@]4(C)C=C(C#N)C(=O)C(C)(C)[C@@H]4CC[C@@]3(C)[C@]1(C)CC2. The molecule has 0 aromatic carbocycles. The molecule has 1 amide bonds. The molecule has 0 aromatic heterocycles. The van der Waals surface area contributed by atoms with E-state index in [9.17, 15) is 24.4 Å². The predicted octanol–water partition coefficient (Wildman–Crippen LogP) is 6.28. The number of carbonyl (C=O) groups is 4. The van der Waals surface area contributed by atoms with Crippen molar-refractivity contribution < 1.29 is 23.9 Å². The Morgan fingerprint density at radius 3 is 2.35 bits per heavy atom. The van der Waals surface area contributed by atoms with Crippen LogP contribution in [0.3, 0.4) is 0 Å². The van der Waals surface area contributed by atoms with Gasteiger partial charge in [0.2, 0.25) is 5.91 Å². The van der Waals surface area contributed by atoms with Gasteiger partial charge in [-0.3, -0.25) is 19.2 Å². The molecule has 1 N–H and O–H groups in total. The van der Waals surface area contributed by atoms with E-state index in [1.807, 2.05) is 26.0 Å². The van der Waals surface area contributed by atoms with Crippen molar-refractivity contribution in [2.24, 2.45) is 50.2 Å². The summed E-state index contributed by atoms with van der Waals surface area (Å²) >= 11 is 0. The van der Waals surface area contributed by atoms with Crippen molar-refractivity contribution in [1.82, 2.24) is 5.32 Å². The van der Waals surface area contributed by atoms with Gasteiger partial charge in [0, 0.05) is 23.2 Å². The monoisotopic (exact) mass is 590 g/mol. The zero-order valence-corrected chi connectivity index (χ0v) is 27.4. The minimum Gasteiger partial charge on any atom is -0.468 e. The molecule has 0 aromatic rings. The van der Waals surface area contributed by atoms with Crippen LogP contribution in [0, 0.1) is 61.6 Å². The summed E-state index contributed by atoms with van der Waals surface area (Å²) in [6.45, 7) is 15.3. The van der Waals surface area contributed by atoms with E-state index < -0.39 is 16.8 Å². The number of nitrogens with one attached hydrogen (secondary N) is 1. The van der Waals surface area contributed by atoms with Gasteiger partial charge in [-0.25, -0.2) is 0 Å². The summed E-state index contributed by atoms with van der Waals surface area (Å²) in [7, 11) is 1.31. The van der Waals surface area contributed by atoms with Gasteiger partial charge in [0.05, 0.1) is 12.7 Å². The molecule has 0 spiro atoms. The number of esters is 1. The molecule has 3 fully saturated rings. The van der Waals surface area contributed by atoms with Gasteiger partial charge in [-0.05, 0) is 90.9 Å². The molecule has 0 heterocycles. The van der Waals surface area contributed by atoms with E-state index in [2.05, 4.69) is 50.7 Å². The van der Waals surface area contributed by atoms with Crippen molar-refractivity contribution in [1.29, 1.82) is 5.26 Å². The quantitative estimate of drug-likeness (QED) is 0.377. The standard InChI is InChI=1S/C36H50N2O5/c1-31(2)13-15-36(12-10-27(40)38-21-28(41)43-8)16-14-35(7)29(23(36)19-31)24(39)17-26-33(5)18-22(20-37)30(42)32(3,4)25(33)9-11-34(26,35)6/h17-18,23,25,29H,9-16,19,21H2,1-8H3,(H,38,40)/t23?,25-,29?,33-,34+,35+,36+/m0/s1. The smallest absolute Gasteiger partial charge is 0.325 e. The van der Waals surface area contributed by atoms with Crippen LogP contribution in [0.2, 0.25) is 0 Å². The van der Waals surface area contributed by atoms with Crippen molar-refractivity contribution in [3.05, 3.63) is 23.3 Å². The number of ketones is 2. The molecule has 234 valence electrons. The number of fused-ring (bicyclic) bond motifs is 7. The van der Waals surface area contributed by atoms with E-state index in [0.29, 0.717) is 12.8 Å². The summed E-state index contributed by atoms with van der Waals surface area (Å²) in [5.74, 6) is -0.489. The van der Waals surface area contributed by atoms with Gasteiger partial charge in [-0.15, -0.1) is 0 Å². The van der Waals surface area contributed by atoms with E-state index >= 15 is 0 Å². The van der Waals surface area contributed by atoms with E-state index in [4.69, 9.17) is 0 Å². The average Bonchev–Trinajstić information content (AvgIpc) is 2.94. The van der Waals surface area contributed by atoms with Gasteiger partial charge >= 0.3 is 5.97 Å². The highest BCUT2D eigenvalue weighted by Gasteiger charge is 2.69. The Hall–Kier alpha value is -2.75. The van der Waals surface area contributed by atoms with Gasteiger partial charge in [0.15, 0.2) is 11.6 Å². The second kappa shape index (κ2) is 10.1. The maximum Gasteiger partial charge on any atom is 0.325 e. The molecule has 0 radical (unpaired) electrons. The van der Waals surface area contributed by atoms with E-state index in [0.717, 1.165) is 50.5 Å². The number of carbonyl (C=O) groups excluding carboxylic acids is 4. The lowest BCUT2D eigenvalue weighted by atomic mass is 9.34. The molecule has 7 atom stereocenters. The van der Waals surface area contributed by atoms with Gasteiger partial charge in [0.25, 0.3) is 0 Å². The second-order valence-corrected chi connectivity index (χ2v) is 16.5. The van der Waals surface area contributed by atoms with E-state index in [1.54, 1.807) is 0 Å². The number of nitrogens with zero attached hydrogens (tertiary/aromatic N) is 1. The Labute approximate surface area is 257 Å². The molecule has 5 aliphatic carbocycles. The fourth-order valence-corrected chi connectivity index (χ4v) is 10.9. The van der Waals surface area contributed by atoms with Crippen LogP contribution in [0.15, 0.2) is 23.3 Å². The Morgan fingerprint density at radius 2 is 1.70 bits per heavy atom. The summed E-state index contributed by atoms with van der Waals surface area (Å²) in [6.07, 6.45) is 11.5. The Balaban J connectivity index is 1.55. The van der Waals surface area contributed by atoms with Crippen molar-refractivity contribution in [3.63, 3.8) is 0 Å². The molecule has 5 aliphatic rings. The van der Waals surface area contributed by atoms with Crippen LogP contribution in [0.4, 0.5) is 0 Å². The minimum atomic E-state index is -0.679. The van der Waals surface area contributed by atoms with Gasteiger partial charge in [-0.1, -0.05) is 60.1 Å². The number of ether oxygens (including phenoxy) is 1. The lowest BCUT2D eigenvalue weighted by Gasteiger charge is -2.69. The number of hydrogen-bond acceptors (Lipinski definition) is 6. The van der Waals surface area contributed by atoms with Crippen LogP contribution in [0.25, 0.3) is 0 Å². The third kappa shape index (κ3) is 4.56. The Bertz CT molecular complexity index is 1370. The van der Waals surface area contributed by atoms with Crippen LogP contribution in [-0.2, 0) is 23.9 Å². The fraction of sp³-hybridized carbons (Fsp3) is 0.750. The van der Waals surface area contributed by atoms with Crippen LogP contribution >= 0.6 is 0 Å². The van der Waals surface area contributed by atoms with Gasteiger partial charge < -0.3 is 10.1 Å². The van der Waals surface area contributed by atoms with E-state index in [1.165, 1.54) is 7.11 Å². The zero-order valence-electron chi connectivity index (χ0n) is 27.4. The number of hydrogen-bond donors (Lipinski definition) is 1. The number of rotatable bonds is 5. The summed E-state index contributed by atoms with van der Waals surface area (Å²) < 4.78 is 4.67. The molecule has 7 nitrogen and oxygen atoms in total. The molecule has 0 saturated heterocycles. The maximum absolute atomic E-state index is 14.6. The molecular weight excluding hydrogens is 540 g/mol. The fourth-order valence-electron chi connectivity index (χ4n) is 10.9. The second-order valence-electron chi connectivity index (χ2n) is 16.5. The summed E-state index contributed by atoms with van der Waals surface area (Å²) in [5.41, 5.74) is -0.424. The number of allylic oxidation sites excluding steroid dienone is 4. The van der Waals surface area contributed by atoms with Gasteiger partial charge in [0.1, 0.15) is 12.6 Å². The molecule has 0 aliphatic heterocycles. The molecule has 7 heteroatoms. The van der Waals surface area contributed by atoms with Crippen molar-refractivity contribution in [2.75, 3.05) is 13.7 Å². The molecule has 0 bridgehead atoms. The predicted molar refractivity (Wildman–Crippen MR) is 163 cm³/mol. The molecule has 2 unspecified atom stereocenters. The summed E-state index contributed by atoms with van der Waals surface area (Å²) in [5, 5.41) is 12.6. The first-order valence-electron chi connectivity index (χ1n) is 16.2. The summed E-state index contributed by atoms with van der Waals surface area (Å²) in [4.78, 5) is 52.3. The number of methoxy groups -OCH3 is 1. The number of nitriles is 1. The van der Waals surface area contributed by atoms with Crippen molar-refractivity contribution in [3.8, 4) is 6.07 Å². The third-order valence-electron chi connectivity index (χ3n) is 13.5. The normalized spacial score (nSPS) is 40.8. The molecule has 5 rings (SSSR count). The molecule has 43 heavy (non-hydrogen) atoms. The number of amides is 1. The van der Waals surface area contributed by atoms with Crippen molar-refractivity contribution in [2.45, 2.75) is 106 Å². The first kappa shape index (κ1) is 31.7. The number of Topliss-reactive ketones (excluding diaryl/α,β-unsaturated/α-hetero) is 1. The van der Waals surface area contributed by atoms with Gasteiger partial charge in [-0.2, -0.15) is 5.26 Å². The van der Waals surface area contributed by atoms with Crippen LogP contribution in [0.1, 0.15) is 106 Å². The van der Waals surface area contributed by atoms with Crippen LogP contribution in [-0.4, -0.2) is 37.1 Å². The average molecular weight is 591 g/mol. The van der Waals surface area contributed by atoms with E-state index in [-0.39, 0.29) is 69.0 Å². The maximum atomic E-state index is 14.6. The molecule has 3 saturated carbocycles. The van der Waals surface area contributed by atoms with Crippen LogP contribution < -0.4 is 5.32 Å². The lowest BCUT2D eigenvalue weighted by Crippen LogP contribution is -2.64. The zero-order chi connectivity index (χ0) is 31.8. The summed E-state index contributed by atoms with van der Waals surface area (Å²) in [6, 6.07) is 2.19. The minimum absolute atomic E-state index is 0.0247. The Morgan fingerprint density at radius 1 is 1.02 bits per heavy atom. The lowest BCUT2D eigenvalue weighted by molar-refractivity contribution is -0.173. The highest BCUT2D eigenvalue weighted by Crippen LogP contribution is 2.75. The highest BCUT2D eigenvalue weighted by molar-refractivity contribution is 6.04. The Kier molecular flexibility index (Phi) is 7.47. The molecular formula is C36H50N2O5. The topological polar surface area (TPSA) is 113 Å². The van der Waals surface area contributed by atoms with Crippen molar-refractivity contribution >= 4 is 23.4 Å². The first-order valence-corrected chi connectivity index (χ1v) is 16.2.